The standard InChI is InChI=1S/C13H10N2O3/c16-12-11(18-13(17)14-12)10-7-4-8-15(10)9-5-2-1-3-6-9/h1-8,11H,(H,14,16,17). The molecule has 1 aliphatic rings. The number of para-hydroxylation sites is 1. The van der Waals surface area contributed by atoms with Crippen LogP contribution >= 0.6 is 0 Å². The van der Waals surface area contributed by atoms with E-state index in [-0.39, 0.29) is 0 Å². The highest BCUT2D eigenvalue weighted by Gasteiger charge is 2.35. The van der Waals surface area contributed by atoms with E-state index in [0.29, 0.717) is 5.69 Å². The van der Waals surface area contributed by atoms with Crippen molar-refractivity contribution in [2.45, 2.75) is 6.10 Å². The first-order valence-corrected chi connectivity index (χ1v) is 5.50. The number of imide groups is 1. The first-order chi connectivity index (χ1) is 8.75. The number of carbonyl (C=O) groups excluding carboxylic acids is 2. The fourth-order valence-corrected chi connectivity index (χ4v) is 1.98. The van der Waals surface area contributed by atoms with Gasteiger partial charge in [0.15, 0.2) is 0 Å². The summed E-state index contributed by atoms with van der Waals surface area (Å²) in [5, 5.41) is 2.12. The van der Waals surface area contributed by atoms with E-state index in [1.54, 1.807) is 6.07 Å². The predicted octanol–water partition coefficient (Wildman–Crippen LogP) is 1.78. The molecule has 0 spiro atoms. The van der Waals surface area contributed by atoms with Gasteiger partial charge in [0, 0.05) is 11.9 Å². The van der Waals surface area contributed by atoms with Gasteiger partial charge in [0.25, 0.3) is 5.91 Å². The molecule has 2 aromatic rings. The zero-order valence-corrected chi connectivity index (χ0v) is 9.37. The van der Waals surface area contributed by atoms with Crippen molar-refractivity contribution in [1.82, 2.24) is 9.88 Å². The van der Waals surface area contributed by atoms with Crippen molar-refractivity contribution in [3.63, 3.8) is 0 Å². The lowest BCUT2D eigenvalue weighted by Gasteiger charge is -2.11. The monoisotopic (exact) mass is 242 g/mol. The molecule has 2 amide bonds. The highest BCUT2D eigenvalue weighted by molar-refractivity contribution is 6.00. The number of ether oxygens (including phenoxy) is 1. The van der Waals surface area contributed by atoms with Crippen LogP contribution in [0.15, 0.2) is 48.7 Å². The van der Waals surface area contributed by atoms with Gasteiger partial charge in [-0.15, -0.1) is 0 Å². The Morgan fingerprint density at radius 3 is 2.50 bits per heavy atom. The third kappa shape index (κ3) is 1.66. The molecule has 1 aliphatic heterocycles. The van der Waals surface area contributed by atoms with Gasteiger partial charge in [-0.2, -0.15) is 0 Å². The maximum Gasteiger partial charge on any atom is 0.415 e. The second-order valence-electron chi connectivity index (χ2n) is 3.91. The average molecular weight is 242 g/mol. The summed E-state index contributed by atoms with van der Waals surface area (Å²) in [7, 11) is 0. The Morgan fingerprint density at radius 2 is 1.83 bits per heavy atom. The van der Waals surface area contributed by atoms with Gasteiger partial charge >= 0.3 is 6.09 Å². The summed E-state index contributed by atoms with van der Waals surface area (Å²) >= 11 is 0. The first kappa shape index (κ1) is 10.6. The second-order valence-corrected chi connectivity index (χ2v) is 3.91. The van der Waals surface area contributed by atoms with Crippen molar-refractivity contribution in [3.8, 4) is 5.69 Å². The quantitative estimate of drug-likeness (QED) is 0.873. The third-order valence-electron chi connectivity index (χ3n) is 2.77. The second kappa shape index (κ2) is 4.03. The van der Waals surface area contributed by atoms with Gasteiger partial charge in [-0.05, 0) is 24.3 Å². The van der Waals surface area contributed by atoms with Gasteiger partial charge < -0.3 is 9.30 Å². The SMILES string of the molecule is O=C1NC(=O)C(c2cccn2-c2ccccc2)O1. The summed E-state index contributed by atoms with van der Waals surface area (Å²) in [6.07, 6.45) is 0.239. The average Bonchev–Trinajstić information content (AvgIpc) is 2.96. The van der Waals surface area contributed by atoms with Crippen molar-refractivity contribution >= 4 is 12.0 Å². The number of rotatable bonds is 2. The Hall–Kier alpha value is -2.56. The Balaban J connectivity index is 2.03. The number of nitrogens with one attached hydrogen (secondary N) is 1. The Morgan fingerprint density at radius 1 is 1.06 bits per heavy atom. The van der Waals surface area contributed by atoms with Crippen LogP contribution in [0.4, 0.5) is 4.79 Å². The third-order valence-corrected chi connectivity index (χ3v) is 2.77. The molecular weight excluding hydrogens is 232 g/mol. The van der Waals surface area contributed by atoms with E-state index in [0.717, 1.165) is 5.69 Å². The van der Waals surface area contributed by atoms with Gasteiger partial charge in [0.1, 0.15) is 0 Å². The number of carbonyl (C=O) groups is 2. The number of hydrogen-bond donors (Lipinski definition) is 1. The van der Waals surface area contributed by atoms with Crippen LogP contribution < -0.4 is 5.32 Å². The topological polar surface area (TPSA) is 60.3 Å². The van der Waals surface area contributed by atoms with Gasteiger partial charge in [-0.1, -0.05) is 18.2 Å². The van der Waals surface area contributed by atoms with Gasteiger partial charge in [0.2, 0.25) is 6.10 Å². The van der Waals surface area contributed by atoms with Crippen molar-refractivity contribution in [3.05, 3.63) is 54.4 Å². The summed E-state index contributed by atoms with van der Waals surface area (Å²) in [5.41, 5.74) is 1.54. The van der Waals surface area contributed by atoms with Crippen LogP contribution in [-0.4, -0.2) is 16.6 Å². The van der Waals surface area contributed by atoms with E-state index in [1.165, 1.54) is 0 Å². The number of amides is 2. The maximum atomic E-state index is 11.6. The minimum Gasteiger partial charge on any atom is -0.429 e. The largest absolute Gasteiger partial charge is 0.429 e. The number of benzene rings is 1. The molecule has 1 aromatic heterocycles. The number of hydrogen-bond acceptors (Lipinski definition) is 3. The number of aromatic nitrogens is 1. The van der Waals surface area contributed by atoms with E-state index in [4.69, 9.17) is 4.74 Å². The number of alkyl carbamates (subject to hydrolysis) is 1. The van der Waals surface area contributed by atoms with E-state index >= 15 is 0 Å². The van der Waals surface area contributed by atoms with Crippen LogP contribution in [-0.2, 0) is 9.53 Å². The Bertz CT molecular complexity index is 604. The molecule has 90 valence electrons. The number of cyclic esters (lactones) is 1. The fraction of sp³-hybridized carbons (Fsp3) is 0.0769. The molecule has 0 bridgehead atoms. The lowest BCUT2D eigenvalue weighted by Crippen LogP contribution is -2.21. The van der Waals surface area contributed by atoms with Crippen LogP contribution in [0, 0.1) is 0 Å². The fourth-order valence-electron chi connectivity index (χ4n) is 1.98. The van der Waals surface area contributed by atoms with Crippen LogP contribution in [0.2, 0.25) is 0 Å². The molecule has 1 fully saturated rings. The molecule has 2 heterocycles. The molecule has 5 heteroatoms. The van der Waals surface area contributed by atoms with Crippen molar-refractivity contribution < 1.29 is 14.3 Å². The van der Waals surface area contributed by atoms with Crippen LogP contribution in [0.3, 0.4) is 0 Å². The highest BCUT2D eigenvalue weighted by Crippen LogP contribution is 2.25. The lowest BCUT2D eigenvalue weighted by molar-refractivity contribution is -0.123. The number of nitrogens with zero attached hydrogens (tertiary/aromatic N) is 1. The van der Waals surface area contributed by atoms with Crippen LogP contribution in [0.5, 0.6) is 0 Å². The molecule has 0 saturated carbocycles. The molecule has 1 atom stereocenters. The smallest absolute Gasteiger partial charge is 0.415 e. The molecule has 18 heavy (non-hydrogen) atoms. The van der Waals surface area contributed by atoms with Crippen LogP contribution in [0.1, 0.15) is 11.8 Å². The summed E-state index contributed by atoms with van der Waals surface area (Å²) < 4.78 is 6.78. The summed E-state index contributed by atoms with van der Waals surface area (Å²) in [6.45, 7) is 0. The van der Waals surface area contributed by atoms with Crippen molar-refractivity contribution in [1.29, 1.82) is 0 Å². The minimum atomic E-state index is -0.882. The summed E-state index contributed by atoms with van der Waals surface area (Å²) in [5.74, 6) is -0.434. The molecule has 3 rings (SSSR count). The van der Waals surface area contributed by atoms with Gasteiger partial charge in [-0.25, -0.2) is 4.79 Å². The summed E-state index contributed by atoms with van der Waals surface area (Å²) in [6, 6.07) is 13.1. The maximum absolute atomic E-state index is 11.6. The highest BCUT2D eigenvalue weighted by atomic mass is 16.6. The minimum absolute atomic E-state index is 0.434. The molecule has 0 aliphatic carbocycles. The van der Waals surface area contributed by atoms with E-state index in [1.807, 2.05) is 47.2 Å². The van der Waals surface area contributed by atoms with E-state index in [2.05, 4.69) is 5.32 Å². The zero-order valence-electron chi connectivity index (χ0n) is 9.37. The normalized spacial score (nSPS) is 18.6. The van der Waals surface area contributed by atoms with Crippen molar-refractivity contribution in [2.24, 2.45) is 0 Å². The first-order valence-electron chi connectivity index (χ1n) is 5.50. The molecule has 1 N–H and O–H groups in total. The molecule has 0 radical (unpaired) electrons. The van der Waals surface area contributed by atoms with E-state index in [9.17, 15) is 9.59 Å². The van der Waals surface area contributed by atoms with Gasteiger partial charge in [0.05, 0.1) is 5.69 Å². The Kier molecular flexibility index (Phi) is 2.37. The van der Waals surface area contributed by atoms with E-state index < -0.39 is 18.1 Å². The van der Waals surface area contributed by atoms with Crippen LogP contribution in [0.25, 0.3) is 5.69 Å². The molecule has 1 saturated heterocycles. The summed E-state index contributed by atoms with van der Waals surface area (Å²) in [4.78, 5) is 22.6. The molecule has 1 aromatic carbocycles. The zero-order chi connectivity index (χ0) is 12.5. The van der Waals surface area contributed by atoms with Crippen molar-refractivity contribution in [2.75, 3.05) is 0 Å². The Labute approximate surface area is 103 Å². The predicted molar refractivity (Wildman–Crippen MR) is 63.1 cm³/mol. The molecule has 5 nitrogen and oxygen atoms in total. The lowest BCUT2D eigenvalue weighted by atomic mass is 10.2. The molecule has 1 unspecified atom stereocenters. The van der Waals surface area contributed by atoms with Gasteiger partial charge in [-0.3, -0.25) is 10.1 Å². The molecular formula is C13H10N2O3.